The third kappa shape index (κ3) is 15.6. The van der Waals surface area contributed by atoms with Crippen LogP contribution in [0.1, 0.15) is 96.0 Å². The van der Waals surface area contributed by atoms with Crippen molar-refractivity contribution in [3.8, 4) is 34.1 Å². The standard InChI is InChI=1S/C62H81N11O9/c1-9-24-80-47-32-48(34-49(33-47)82-58-36-56-55(35-53(58)63)69(7)62(78)70(56)8)81-26-11-10-18-68(6)40-46(74)13-12-25-79-27-16-60(76)64-17-19-71-20-22-72(23-21-71)59-15-14-44(37-65-59)45-30-50(52-39-67-73(41(2)3)54(52)31-45)61(77)66-38-51-43(5)28-42(4)29-57(51)75/h14-15,28,30-37,39,41H,9-13,16-27,29,38,40,63H2,1-8H3,(H,64,76)(H,66,77). The first-order valence-electron chi connectivity index (χ1n) is 28.7. The average Bonchev–Trinajstić information content (AvgIpc) is 3.61. The van der Waals surface area contributed by atoms with Gasteiger partial charge in [0.15, 0.2) is 11.5 Å². The molecule has 0 bridgehead atoms. The van der Waals surface area contributed by atoms with Crippen LogP contribution in [-0.2, 0) is 33.2 Å². The molecule has 6 aromatic rings. The Kier molecular flexibility index (Phi) is 20.8. The topological polar surface area (TPSA) is 223 Å². The number of nitrogens with zero attached hydrogens (tertiary/aromatic N) is 8. The molecule has 1 aliphatic heterocycles. The first-order chi connectivity index (χ1) is 39.5. The molecule has 2 aliphatic rings. The van der Waals surface area contributed by atoms with Gasteiger partial charge in [-0.2, -0.15) is 5.10 Å². The van der Waals surface area contributed by atoms with Gasteiger partial charge in [-0.15, -0.1) is 0 Å². The monoisotopic (exact) mass is 1120 g/mol. The summed E-state index contributed by atoms with van der Waals surface area (Å²) in [5.74, 6) is 2.86. The number of nitrogens with one attached hydrogen (secondary N) is 2. The highest BCUT2D eigenvalue weighted by Gasteiger charge is 2.23. The number of imidazole rings is 1. The van der Waals surface area contributed by atoms with Crippen molar-refractivity contribution in [2.24, 2.45) is 14.1 Å². The van der Waals surface area contributed by atoms with E-state index in [1.807, 2.05) is 73.9 Å². The van der Waals surface area contributed by atoms with E-state index in [0.717, 1.165) is 97.5 Å². The number of ketones is 2. The number of allylic oxidation sites excluding steroid dienone is 3. The maximum absolute atomic E-state index is 13.8. The summed E-state index contributed by atoms with van der Waals surface area (Å²) in [7, 11) is 5.36. The number of aryl methyl sites for hydroxylation is 2. The number of amides is 2. The largest absolute Gasteiger partial charge is 0.493 e. The first-order valence-corrected chi connectivity index (χ1v) is 28.7. The summed E-state index contributed by atoms with van der Waals surface area (Å²) in [4.78, 5) is 75.9. The molecule has 1 fully saturated rings. The summed E-state index contributed by atoms with van der Waals surface area (Å²) in [5.41, 5.74) is 13.6. The Morgan fingerprint density at radius 1 is 0.793 bits per heavy atom. The highest BCUT2D eigenvalue weighted by atomic mass is 16.5. The van der Waals surface area contributed by atoms with Crippen molar-refractivity contribution in [2.45, 2.75) is 85.6 Å². The number of pyridine rings is 1. The molecule has 3 aromatic heterocycles. The Balaban J connectivity index is 0.680. The number of carbonyl (C=O) groups excluding carboxylic acids is 4. The lowest BCUT2D eigenvalue weighted by molar-refractivity contribution is -0.123. The van der Waals surface area contributed by atoms with Gasteiger partial charge >= 0.3 is 5.69 Å². The lowest BCUT2D eigenvalue weighted by atomic mass is 9.92. The van der Waals surface area contributed by atoms with Crippen LogP contribution in [0, 0.1) is 0 Å². The van der Waals surface area contributed by atoms with Gasteiger partial charge in [-0.05, 0) is 108 Å². The third-order valence-electron chi connectivity index (χ3n) is 14.9. The second-order valence-corrected chi connectivity index (χ2v) is 21.8. The average molecular weight is 1120 g/mol. The Morgan fingerprint density at radius 2 is 1.52 bits per heavy atom. The number of piperazine rings is 1. The molecular weight excluding hydrogens is 1040 g/mol. The normalized spacial score (nSPS) is 14.1. The summed E-state index contributed by atoms with van der Waals surface area (Å²) in [6.45, 7) is 17.5. The molecule has 82 heavy (non-hydrogen) atoms. The van der Waals surface area contributed by atoms with Crippen molar-refractivity contribution in [2.75, 3.05) is 103 Å². The smallest absolute Gasteiger partial charge is 0.328 e. The number of rotatable bonds is 29. The first kappa shape index (κ1) is 60.3. The van der Waals surface area contributed by atoms with E-state index in [9.17, 15) is 24.0 Å². The number of benzene rings is 3. The van der Waals surface area contributed by atoms with Gasteiger partial charge in [0.2, 0.25) is 5.91 Å². The summed E-state index contributed by atoms with van der Waals surface area (Å²) in [5, 5.41) is 11.4. The van der Waals surface area contributed by atoms with Gasteiger partial charge in [-0.25, -0.2) is 9.78 Å². The van der Waals surface area contributed by atoms with Crippen LogP contribution in [0.15, 0.2) is 94.6 Å². The quantitative estimate of drug-likeness (QED) is 0.0301. The Bertz CT molecular complexity index is 3370. The molecule has 20 heteroatoms. The maximum atomic E-state index is 13.8. The van der Waals surface area contributed by atoms with Crippen LogP contribution in [0.2, 0.25) is 0 Å². The van der Waals surface area contributed by atoms with Crippen molar-refractivity contribution in [1.82, 2.24) is 44.3 Å². The fourth-order valence-electron chi connectivity index (χ4n) is 10.4. The molecule has 4 heterocycles. The van der Waals surface area contributed by atoms with Gasteiger partial charge in [-0.1, -0.05) is 18.6 Å². The van der Waals surface area contributed by atoms with Crippen molar-refractivity contribution >= 4 is 56.8 Å². The number of aromatic nitrogens is 5. The molecule has 0 radical (unpaired) electrons. The number of hydrogen-bond donors (Lipinski definition) is 3. The fraction of sp³-hybridized carbons (Fsp3) is 0.468. The lowest BCUT2D eigenvalue weighted by Gasteiger charge is -2.35. The van der Waals surface area contributed by atoms with Gasteiger partial charge in [0.25, 0.3) is 5.91 Å². The van der Waals surface area contributed by atoms with Crippen molar-refractivity contribution < 1.29 is 38.1 Å². The van der Waals surface area contributed by atoms with E-state index in [2.05, 4.69) is 45.4 Å². The summed E-state index contributed by atoms with van der Waals surface area (Å²) in [6, 6.07) is 17.0. The number of Topliss-reactive ketones (excluding diaryl/α,β-unsaturated/α-hetero) is 2. The number of ether oxygens (including phenoxy) is 4. The summed E-state index contributed by atoms with van der Waals surface area (Å²) >= 11 is 0. The van der Waals surface area contributed by atoms with Gasteiger partial charge in [0, 0.05) is 139 Å². The molecule has 3 aromatic carbocycles. The molecule has 1 aliphatic carbocycles. The zero-order valence-corrected chi connectivity index (χ0v) is 49.0. The van der Waals surface area contributed by atoms with Crippen LogP contribution in [-0.4, -0.2) is 149 Å². The predicted molar refractivity (Wildman–Crippen MR) is 320 cm³/mol. The van der Waals surface area contributed by atoms with Gasteiger partial charge in [-0.3, -0.25) is 42.8 Å². The molecule has 438 valence electrons. The number of nitrogens with two attached hydrogens (primary N) is 1. The van der Waals surface area contributed by atoms with E-state index in [4.69, 9.17) is 29.7 Å². The molecular formula is C62H81N11O9. The fourth-order valence-corrected chi connectivity index (χ4v) is 10.4. The molecule has 4 N–H and O–H groups in total. The molecule has 2 amide bonds. The maximum Gasteiger partial charge on any atom is 0.328 e. The number of carbonyl (C=O) groups is 4. The summed E-state index contributed by atoms with van der Waals surface area (Å²) in [6.07, 6.45) is 9.68. The van der Waals surface area contributed by atoms with Crippen molar-refractivity contribution in [3.05, 3.63) is 106 Å². The highest BCUT2D eigenvalue weighted by molar-refractivity contribution is 6.09. The SMILES string of the molecule is CCCOc1cc(OCCCCN(C)CC(=O)CCCOCCC(=O)NCCN2CCN(c3ccc(-c4cc(C(=O)NCC5=C(C)C=C(C)CC5=O)c5cnn(C(C)C)c5c4)cn3)CC2)cc(Oc2cc3c(cc2N)n(C)c(=O)n3C)c1. The molecule has 1 saturated heterocycles. The van der Waals surface area contributed by atoms with Crippen molar-refractivity contribution in [3.63, 3.8) is 0 Å². The van der Waals surface area contributed by atoms with Crippen LogP contribution in [0.25, 0.3) is 33.1 Å². The number of fused-ring (bicyclic) bond motifs is 2. The second-order valence-electron chi connectivity index (χ2n) is 21.8. The van der Waals surface area contributed by atoms with Crippen LogP contribution in [0.3, 0.4) is 0 Å². The molecule has 0 saturated carbocycles. The van der Waals surface area contributed by atoms with Gasteiger partial charge < -0.3 is 40.2 Å². The van der Waals surface area contributed by atoms with Gasteiger partial charge in [0.1, 0.15) is 28.8 Å². The Labute approximate surface area is 480 Å². The van der Waals surface area contributed by atoms with E-state index in [1.54, 1.807) is 53.7 Å². The predicted octanol–water partition coefficient (Wildman–Crippen LogP) is 7.78. The minimum Gasteiger partial charge on any atom is -0.493 e. The molecule has 0 spiro atoms. The number of nitrogen functional groups attached to an aromatic ring is 1. The van der Waals surface area contributed by atoms with Crippen LogP contribution >= 0.6 is 0 Å². The molecule has 0 atom stereocenters. The molecule has 8 rings (SSSR count). The van der Waals surface area contributed by atoms with E-state index >= 15 is 0 Å². The number of unbranched alkanes of at least 4 members (excludes halogenated alkanes) is 1. The number of anilines is 2. The van der Waals surface area contributed by atoms with Gasteiger partial charge in [0.05, 0.1) is 60.4 Å². The Morgan fingerprint density at radius 3 is 2.23 bits per heavy atom. The highest BCUT2D eigenvalue weighted by Crippen LogP contribution is 2.36. The van der Waals surface area contributed by atoms with E-state index in [-0.39, 0.29) is 48.1 Å². The van der Waals surface area contributed by atoms with Crippen LogP contribution in [0.5, 0.6) is 23.0 Å². The second kappa shape index (κ2) is 28.3. The zero-order valence-electron chi connectivity index (χ0n) is 49.0. The van der Waals surface area contributed by atoms with E-state index in [1.165, 1.54) is 0 Å². The Hall–Kier alpha value is -7.81. The van der Waals surface area contributed by atoms with E-state index < -0.39 is 0 Å². The summed E-state index contributed by atoms with van der Waals surface area (Å²) < 4.78 is 29.0. The third-order valence-corrected chi connectivity index (χ3v) is 14.9. The molecule has 0 unspecified atom stereocenters. The minimum absolute atomic E-state index is 0.0393. The van der Waals surface area contributed by atoms with Crippen LogP contribution in [0.4, 0.5) is 11.5 Å². The van der Waals surface area contributed by atoms with Crippen molar-refractivity contribution in [1.29, 1.82) is 0 Å². The number of hydrogen-bond acceptors (Lipinski definition) is 15. The zero-order chi connectivity index (χ0) is 58.5. The van der Waals surface area contributed by atoms with Crippen LogP contribution < -0.4 is 41.2 Å². The van der Waals surface area contributed by atoms with E-state index in [0.29, 0.717) is 110 Å². The minimum atomic E-state index is -0.264. The number of likely N-dealkylation sites (N-methyl/N-ethyl adjacent to an activating group) is 1. The molecule has 20 nitrogen and oxygen atoms in total. The lowest BCUT2D eigenvalue weighted by Crippen LogP contribution is -2.48.